The summed E-state index contributed by atoms with van der Waals surface area (Å²) in [7, 11) is 0. The zero-order valence-corrected chi connectivity index (χ0v) is 31.1. The SMILES string of the molecule is CCCCCCCCCCCCOC(CN)CO[C@H]1CC[C@@]2(C)C(=CC[C@H]3[C@@H]4CC[C@H]([C@H](C)CCCC(C)C)[C@@]4(C)CC[C@@H]32)C1. The first-order valence-corrected chi connectivity index (χ1v) is 20.4. The van der Waals surface area contributed by atoms with Gasteiger partial charge in [0.25, 0.3) is 0 Å². The van der Waals surface area contributed by atoms with Crippen LogP contribution >= 0.6 is 0 Å². The molecule has 45 heavy (non-hydrogen) atoms. The summed E-state index contributed by atoms with van der Waals surface area (Å²) in [6, 6.07) is 0. The van der Waals surface area contributed by atoms with Crippen LogP contribution in [-0.4, -0.2) is 32.0 Å². The van der Waals surface area contributed by atoms with Gasteiger partial charge < -0.3 is 15.2 Å². The number of allylic oxidation sites excluding steroid dienone is 1. The Bertz CT molecular complexity index is 869. The maximum absolute atomic E-state index is 6.54. The van der Waals surface area contributed by atoms with Crippen LogP contribution in [0.15, 0.2) is 11.6 Å². The number of hydrogen-bond donors (Lipinski definition) is 1. The van der Waals surface area contributed by atoms with Gasteiger partial charge in [0.05, 0.1) is 18.8 Å². The van der Waals surface area contributed by atoms with E-state index in [0.717, 1.165) is 55.0 Å². The van der Waals surface area contributed by atoms with Crippen LogP contribution in [0, 0.1) is 46.3 Å². The molecule has 0 aromatic rings. The molecule has 4 rings (SSSR count). The van der Waals surface area contributed by atoms with E-state index >= 15 is 0 Å². The van der Waals surface area contributed by atoms with Gasteiger partial charge in [-0.2, -0.15) is 0 Å². The van der Waals surface area contributed by atoms with E-state index < -0.39 is 0 Å². The third-order valence-electron chi connectivity index (χ3n) is 13.9. The number of nitrogens with two attached hydrogens (primary N) is 1. The van der Waals surface area contributed by atoms with Crippen LogP contribution in [0.25, 0.3) is 0 Å². The second kappa shape index (κ2) is 18.4. The Labute approximate surface area is 281 Å². The highest BCUT2D eigenvalue weighted by atomic mass is 16.5. The molecule has 0 aromatic carbocycles. The lowest BCUT2D eigenvalue weighted by Gasteiger charge is -2.58. The Morgan fingerprint density at radius 2 is 1.53 bits per heavy atom. The molecule has 0 bridgehead atoms. The topological polar surface area (TPSA) is 44.5 Å². The van der Waals surface area contributed by atoms with Crippen molar-refractivity contribution in [3.05, 3.63) is 11.6 Å². The molecule has 3 nitrogen and oxygen atoms in total. The normalized spacial score (nSPS) is 34.2. The van der Waals surface area contributed by atoms with E-state index in [-0.39, 0.29) is 6.10 Å². The molecule has 0 spiro atoms. The molecule has 0 saturated heterocycles. The molecule has 4 aliphatic rings. The molecular formula is C42H77NO2. The van der Waals surface area contributed by atoms with Crippen molar-refractivity contribution in [2.45, 2.75) is 189 Å². The first-order chi connectivity index (χ1) is 21.7. The van der Waals surface area contributed by atoms with Crippen molar-refractivity contribution in [3.8, 4) is 0 Å². The summed E-state index contributed by atoms with van der Waals surface area (Å²) in [6.07, 6.45) is 31.8. The summed E-state index contributed by atoms with van der Waals surface area (Å²) >= 11 is 0. The van der Waals surface area contributed by atoms with Gasteiger partial charge in [-0.15, -0.1) is 0 Å². The van der Waals surface area contributed by atoms with Gasteiger partial charge in [-0.25, -0.2) is 0 Å². The summed E-state index contributed by atoms with van der Waals surface area (Å²) in [5, 5.41) is 0. The fraction of sp³-hybridized carbons (Fsp3) is 0.952. The summed E-state index contributed by atoms with van der Waals surface area (Å²) < 4.78 is 12.7. The number of rotatable bonds is 21. The molecule has 3 saturated carbocycles. The van der Waals surface area contributed by atoms with Crippen molar-refractivity contribution >= 4 is 0 Å². The first kappa shape index (κ1) is 37.4. The molecule has 3 heteroatoms. The van der Waals surface area contributed by atoms with E-state index in [1.807, 2.05) is 0 Å². The molecule has 0 heterocycles. The summed E-state index contributed by atoms with van der Waals surface area (Å²) in [5.74, 6) is 5.41. The molecule has 0 amide bonds. The molecule has 0 aromatic heterocycles. The standard InChI is InChI=1S/C42H77NO2/c1-7-8-9-10-11-12-13-14-15-16-28-44-36(30-43)31-45-35-24-26-41(5)34(29-35)20-21-37-39-23-22-38(33(4)19-17-18-32(2)3)42(39,6)27-25-40(37)41/h20,32-33,35-40H,7-19,21-31,43H2,1-6H3/t33-,35+,36?,37+,38-,39+,40+,41+,42-/m1/s1. The van der Waals surface area contributed by atoms with Crippen LogP contribution in [0.1, 0.15) is 176 Å². The Kier molecular flexibility index (Phi) is 15.3. The van der Waals surface area contributed by atoms with Gasteiger partial charge in [0.1, 0.15) is 0 Å². The number of ether oxygens (including phenoxy) is 2. The quantitative estimate of drug-likeness (QED) is 0.102. The van der Waals surface area contributed by atoms with Crippen LogP contribution in [0.4, 0.5) is 0 Å². The highest BCUT2D eigenvalue weighted by molar-refractivity contribution is 5.25. The van der Waals surface area contributed by atoms with Crippen molar-refractivity contribution in [1.29, 1.82) is 0 Å². The van der Waals surface area contributed by atoms with Gasteiger partial charge in [0, 0.05) is 13.2 Å². The van der Waals surface area contributed by atoms with Crippen molar-refractivity contribution in [2.75, 3.05) is 19.8 Å². The van der Waals surface area contributed by atoms with E-state index in [4.69, 9.17) is 15.2 Å². The second-order valence-corrected chi connectivity index (χ2v) is 17.4. The largest absolute Gasteiger partial charge is 0.375 e. The summed E-state index contributed by atoms with van der Waals surface area (Å²) in [5.41, 5.74) is 8.82. The van der Waals surface area contributed by atoms with Gasteiger partial charge in [0.15, 0.2) is 0 Å². The predicted molar refractivity (Wildman–Crippen MR) is 193 cm³/mol. The van der Waals surface area contributed by atoms with Crippen LogP contribution in [0.5, 0.6) is 0 Å². The number of unbranched alkanes of at least 4 members (excludes halogenated alkanes) is 9. The predicted octanol–water partition coefficient (Wildman–Crippen LogP) is 11.7. The van der Waals surface area contributed by atoms with Crippen LogP contribution in [-0.2, 0) is 9.47 Å². The molecular weight excluding hydrogens is 550 g/mol. The zero-order chi connectivity index (χ0) is 32.3. The molecule has 3 fully saturated rings. The van der Waals surface area contributed by atoms with E-state index in [1.165, 1.54) is 122 Å². The van der Waals surface area contributed by atoms with Crippen molar-refractivity contribution in [3.63, 3.8) is 0 Å². The molecule has 0 aliphatic heterocycles. The van der Waals surface area contributed by atoms with Gasteiger partial charge in [0.2, 0.25) is 0 Å². The molecule has 4 aliphatic carbocycles. The smallest absolute Gasteiger partial charge is 0.0930 e. The van der Waals surface area contributed by atoms with E-state index in [1.54, 1.807) is 5.57 Å². The minimum absolute atomic E-state index is 0.0423. The van der Waals surface area contributed by atoms with Gasteiger partial charge in [-0.3, -0.25) is 0 Å². The fourth-order valence-electron chi connectivity index (χ4n) is 11.1. The monoisotopic (exact) mass is 628 g/mol. The summed E-state index contributed by atoms with van der Waals surface area (Å²) in [4.78, 5) is 0. The Morgan fingerprint density at radius 3 is 2.22 bits per heavy atom. The first-order valence-electron chi connectivity index (χ1n) is 20.4. The molecule has 1 unspecified atom stereocenters. The number of fused-ring (bicyclic) bond motifs is 5. The number of hydrogen-bond acceptors (Lipinski definition) is 3. The highest BCUT2D eigenvalue weighted by Gasteiger charge is 2.59. The lowest BCUT2D eigenvalue weighted by Crippen LogP contribution is -2.51. The Hall–Kier alpha value is -0.380. The van der Waals surface area contributed by atoms with Crippen molar-refractivity contribution < 1.29 is 9.47 Å². The third kappa shape index (κ3) is 9.84. The van der Waals surface area contributed by atoms with Gasteiger partial charge in [-0.05, 0) is 104 Å². The zero-order valence-electron chi connectivity index (χ0n) is 31.1. The van der Waals surface area contributed by atoms with Crippen LogP contribution in [0.2, 0.25) is 0 Å². The minimum Gasteiger partial charge on any atom is -0.375 e. The average molecular weight is 628 g/mol. The Morgan fingerprint density at radius 1 is 0.822 bits per heavy atom. The minimum atomic E-state index is 0.0423. The lowest BCUT2D eigenvalue weighted by molar-refractivity contribution is -0.0777. The highest BCUT2D eigenvalue weighted by Crippen LogP contribution is 2.67. The van der Waals surface area contributed by atoms with Crippen molar-refractivity contribution in [2.24, 2.45) is 52.1 Å². The maximum Gasteiger partial charge on any atom is 0.0930 e. The van der Waals surface area contributed by atoms with E-state index in [2.05, 4.69) is 47.6 Å². The van der Waals surface area contributed by atoms with Crippen molar-refractivity contribution in [1.82, 2.24) is 0 Å². The second-order valence-electron chi connectivity index (χ2n) is 17.4. The summed E-state index contributed by atoms with van der Waals surface area (Å²) in [6.45, 7) is 17.1. The van der Waals surface area contributed by atoms with Crippen LogP contribution < -0.4 is 5.73 Å². The molecule has 0 radical (unpaired) electrons. The van der Waals surface area contributed by atoms with Gasteiger partial charge in [-0.1, -0.05) is 130 Å². The molecule has 9 atom stereocenters. The fourth-order valence-corrected chi connectivity index (χ4v) is 11.1. The van der Waals surface area contributed by atoms with E-state index in [9.17, 15) is 0 Å². The maximum atomic E-state index is 6.54. The molecule has 2 N–H and O–H groups in total. The van der Waals surface area contributed by atoms with E-state index in [0.29, 0.717) is 30.1 Å². The lowest BCUT2D eigenvalue weighted by atomic mass is 9.47. The van der Waals surface area contributed by atoms with Gasteiger partial charge >= 0.3 is 0 Å². The average Bonchev–Trinajstić information content (AvgIpc) is 3.38. The third-order valence-corrected chi connectivity index (χ3v) is 13.9. The molecule has 262 valence electrons. The van der Waals surface area contributed by atoms with Crippen LogP contribution in [0.3, 0.4) is 0 Å². The Balaban J connectivity index is 1.18.